The topological polar surface area (TPSA) is 46.6 Å². The molecule has 0 bridgehead atoms. The molecule has 0 aliphatic carbocycles. The average molecular weight is 287 g/mol. The van der Waals surface area contributed by atoms with Crippen LogP contribution in [0.5, 0.6) is 0 Å². The largest absolute Gasteiger partial charge is 0.375 e. The van der Waals surface area contributed by atoms with Crippen molar-refractivity contribution in [1.29, 1.82) is 0 Å². The molecule has 0 spiro atoms. The third kappa shape index (κ3) is 3.75. The Morgan fingerprint density at radius 3 is 2.95 bits per heavy atom. The summed E-state index contributed by atoms with van der Waals surface area (Å²) in [6, 6.07) is 6.31. The Hall–Kier alpha value is -0.980. The Labute approximate surface area is 113 Å². The molecule has 0 N–H and O–H groups in total. The minimum Gasteiger partial charge on any atom is -0.375 e. The summed E-state index contributed by atoms with van der Waals surface area (Å²) in [4.78, 5) is 0. The van der Waals surface area contributed by atoms with Gasteiger partial charge in [0.15, 0.2) is 0 Å². The first-order valence-electron chi connectivity index (χ1n) is 6.35. The van der Waals surface area contributed by atoms with Gasteiger partial charge in [0.2, 0.25) is 10.0 Å². The molecule has 0 saturated carbocycles. The molecule has 106 valence electrons. The molecular formula is C13H18FNO3S. The van der Waals surface area contributed by atoms with Crippen molar-refractivity contribution in [3.8, 4) is 0 Å². The van der Waals surface area contributed by atoms with E-state index in [2.05, 4.69) is 0 Å². The minimum absolute atomic E-state index is 0.0969. The highest BCUT2D eigenvalue weighted by Gasteiger charge is 2.28. The molecule has 2 rings (SSSR count). The number of hydrogen-bond acceptors (Lipinski definition) is 3. The van der Waals surface area contributed by atoms with Crippen LogP contribution in [0.15, 0.2) is 24.3 Å². The maximum atomic E-state index is 13.1. The molecule has 1 aromatic carbocycles. The Balaban J connectivity index is 2.02. The van der Waals surface area contributed by atoms with E-state index < -0.39 is 10.0 Å². The first kappa shape index (κ1) is 14.4. The second-order valence-corrected chi connectivity index (χ2v) is 6.84. The number of rotatable bonds is 4. The molecule has 0 aromatic heterocycles. The van der Waals surface area contributed by atoms with Crippen LogP contribution in [0.25, 0.3) is 0 Å². The summed E-state index contributed by atoms with van der Waals surface area (Å²) >= 11 is 0. The van der Waals surface area contributed by atoms with E-state index in [1.54, 1.807) is 13.0 Å². The highest BCUT2D eigenvalue weighted by Crippen LogP contribution is 2.15. The summed E-state index contributed by atoms with van der Waals surface area (Å²) in [5.74, 6) is -0.189. The lowest BCUT2D eigenvalue weighted by atomic mass is 10.1. The highest BCUT2D eigenvalue weighted by atomic mass is 32.2. The summed E-state index contributed by atoms with van der Waals surface area (Å²) < 4.78 is 43.8. The molecule has 0 amide bonds. The number of sulfonamides is 1. The van der Waals surface area contributed by atoms with Gasteiger partial charge in [-0.3, -0.25) is 0 Å². The summed E-state index contributed by atoms with van der Waals surface area (Å²) in [5.41, 5.74) is 0.820. The van der Waals surface area contributed by atoms with Crippen LogP contribution in [0.4, 0.5) is 4.39 Å². The summed E-state index contributed by atoms with van der Waals surface area (Å²) in [6.07, 6.45) is 0.310. The lowest BCUT2D eigenvalue weighted by Gasteiger charge is -2.32. The van der Waals surface area contributed by atoms with Crippen LogP contribution < -0.4 is 0 Å². The zero-order chi connectivity index (χ0) is 13.9. The zero-order valence-corrected chi connectivity index (χ0v) is 11.7. The van der Waals surface area contributed by atoms with Gasteiger partial charge < -0.3 is 4.74 Å². The summed E-state index contributed by atoms with van der Waals surface area (Å²) in [5, 5.41) is 0. The van der Waals surface area contributed by atoms with Crippen LogP contribution in [0.1, 0.15) is 12.5 Å². The molecule has 4 nitrogen and oxygen atoms in total. The monoisotopic (exact) mass is 287 g/mol. The fourth-order valence-electron chi connectivity index (χ4n) is 2.18. The van der Waals surface area contributed by atoms with Crippen LogP contribution in [-0.2, 0) is 21.2 Å². The fourth-order valence-corrected chi connectivity index (χ4v) is 3.29. The van der Waals surface area contributed by atoms with Gasteiger partial charge in [0.25, 0.3) is 0 Å². The average Bonchev–Trinajstić information content (AvgIpc) is 2.39. The van der Waals surface area contributed by atoms with Gasteiger partial charge in [0, 0.05) is 19.5 Å². The van der Waals surface area contributed by atoms with Gasteiger partial charge in [-0.05, 0) is 24.6 Å². The Bertz CT molecular complexity index is 532. The van der Waals surface area contributed by atoms with Crippen LogP contribution in [-0.4, -0.2) is 44.3 Å². The maximum absolute atomic E-state index is 13.1. The first-order chi connectivity index (χ1) is 9.01. The summed E-state index contributed by atoms with van der Waals surface area (Å²) in [6.45, 7) is 2.76. The number of hydrogen-bond donors (Lipinski definition) is 0. The van der Waals surface area contributed by atoms with Crippen LogP contribution in [0, 0.1) is 5.82 Å². The lowest BCUT2D eigenvalue weighted by molar-refractivity contribution is -0.000469. The van der Waals surface area contributed by atoms with E-state index in [1.165, 1.54) is 16.4 Å². The molecule has 1 fully saturated rings. The first-order valence-corrected chi connectivity index (χ1v) is 7.96. The normalized spacial score (nSPS) is 21.5. The smallest absolute Gasteiger partial charge is 0.213 e. The predicted octanol–water partition coefficient (Wildman–Crippen LogP) is 1.42. The molecule has 6 heteroatoms. The third-order valence-corrected chi connectivity index (χ3v) is 5.06. The van der Waals surface area contributed by atoms with E-state index in [4.69, 9.17) is 4.74 Å². The molecular weight excluding hydrogens is 269 g/mol. The number of halogens is 1. The van der Waals surface area contributed by atoms with Crippen LogP contribution in [0.2, 0.25) is 0 Å². The van der Waals surface area contributed by atoms with E-state index in [0.29, 0.717) is 26.1 Å². The van der Waals surface area contributed by atoms with Crippen LogP contribution >= 0.6 is 0 Å². The Kier molecular flexibility index (Phi) is 4.54. The van der Waals surface area contributed by atoms with E-state index >= 15 is 0 Å². The van der Waals surface area contributed by atoms with E-state index in [-0.39, 0.29) is 17.7 Å². The van der Waals surface area contributed by atoms with Crippen molar-refractivity contribution >= 4 is 10.0 Å². The van der Waals surface area contributed by atoms with Gasteiger partial charge >= 0.3 is 0 Å². The SMILES string of the molecule is CCS(=O)(=O)N1CCO[C@@H](Cc2cccc(F)c2)C1. The number of ether oxygens (including phenoxy) is 1. The van der Waals surface area contributed by atoms with Gasteiger partial charge in [0.05, 0.1) is 18.5 Å². The molecule has 0 unspecified atom stereocenters. The minimum atomic E-state index is -3.18. The molecule has 1 aliphatic rings. The van der Waals surface area contributed by atoms with Gasteiger partial charge in [0.1, 0.15) is 5.82 Å². The molecule has 1 atom stereocenters. The van der Waals surface area contributed by atoms with Gasteiger partial charge in [-0.25, -0.2) is 12.8 Å². The van der Waals surface area contributed by atoms with Crippen molar-refractivity contribution in [3.63, 3.8) is 0 Å². The third-order valence-electron chi connectivity index (χ3n) is 3.21. The standard InChI is InChI=1S/C13H18FNO3S/c1-2-19(16,17)15-6-7-18-13(10-15)9-11-4-3-5-12(14)8-11/h3-5,8,13H,2,6-7,9-10H2,1H3/t13-/m0/s1. The van der Waals surface area contributed by atoms with Crippen molar-refractivity contribution in [2.24, 2.45) is 0 Å². The van der Waals surface area contributed by atoms with E-state index in [1.807, 2.05) is 6.07 Å². The Morgan fingerprint density at radius 2 is 2.26 bits per heavy atom. The molecule has 1 heterocycles. The molecule has 19 heavy (non-hydrogen) atoms. The number of morpholine rings is 1. The number of nitrogens with zero attached hydrogens (tertiary/aromatic N) is 1. The quantitative estimate of drug-likeness (QED) is 0.841. The van der Waals surface area contributed by atoms with Crippen molar-refractivity contribution < 1.29 is 17.5 Å². The van der Waals surface area contributed by atoms with Crippen molar-refractivity contribution in [1.82, 2.24) is 4.31 Å². The second kappa shape index (κ2) is 5.98. The highest BCUT2D eigenvalue weighted by molar-refractivity contribution is 7.89. The maximum Gasteiger partial charge on any atom is 0.213 e. The zero-order valence-electron chi connectivity index (χ0n) is 10.9. The van der Waals surface area contributed by atoms with E-state index in [9.17, 15) is 12.8 Å². The van der Waals surface area contributed by atoms with Crippen molar-refractivity contribution in [2.45, 2.75) is 19.4 Å². The van der Waals surface area contributed by atoms with Crippen molar-refractivity contribution in [2.75, 3.05) is 25.4 Å². The van der Waals surface area contributed by atoms with Gasteiger partial charge in [-0.1, -0.05) is 12.1 Å². The van der Waals surface area contributed by atoms with Crippen LogP contribution in [0.3, 0.4) is 0 Å². The van der Waals surface area contributed by atoms with E-state index in [0.717, 1.165) is 5.56 Å². The van der Waals surface area contributed by atoms with Crippen molar-refractivity contribution in [3.05, 3.63) is 35.6 Å². The fraction of sp³-hybridized carbons (Fsp3) is 0.538. The molecule has 1 saturated heterocycles. The number of benzene rings is 1. The molecule has 0 radical (unpaired) electrons. The lowest BCUT2D eigenvalue weighted by Crippen LogP contribution is -2.46. The second-order valence-electron chi connectivity index (χ2n) is 4.59. The Morgan fingerprint density at radius 1 is 1.47 bits per heavy atom. The summed E-state index contributed by atoms with van der Waals surface area (Å²) in [7, 11) is -3.18. The molecule has 1 aromatic rings. The molecule has 1 aliphatic heterocycles. The van der Waals surface area contributed by atoms with Gasteiger partial charge in [-0.15, -0.1) is 0 Å². The predicted molar refractivity (Wildman–Crippen MR) is 70.9 cm³/mol. The van der Waals surface area contributed by atoms with Gasteiger partial charge in [-0.2, -0.15) is 4.31 Å².